The molecule has 140 valence electrons. The first-order valence-corrected chi connectivity index (χ1v) is 9.21. The standard InChI is InChI=1S/C22H21N5O/c1-15-13-20(27-21(25-15)18-9-6-11-23-14-18)24-12-10-19-16(2)28-22(26-19)17-7-4-3-5-8-17/h3-9,11,13-14H,10,12H2,1-2H3,(H,24,25,27). The van der Waals surface area contributed by atoms with Crippen LogP contribution in [0.2, 0.25) is 0 Å². The van der Waals surface area contributed by atoms with Crippen LogP contribution >= 0.6 is 0 Å². The zero-order chi connectivity index (χ0) is 19.3. The van der Waals surface area contributed by atoms with Crippen molar-refractivity contribution >= 4 is 5.82 Å². The van der Waals surface area contributed by atoms with Gasteiger partial charge in [0.15, 0.2) is 5.82 Å². The molecule has 3 aromatic heterocycles. The topological polar surface area (TPSA) is 76.7 Å². The van der Waals surface area contributed by atoms with E-state index < -0.39 is 0 Å². The van der Waals surface area contributed by atoms with Crippen LogP contribution in [-0.2, 0) is 6.42 Å². The summed E-state index contributed by atoms with van der Waals surface area (Å²) in [6.45, 7) is 4.61. The minimum atomic E-state index is 0.657. The number of pyridine rings is 1. The Hall–Kier alpha value is -3.54. The van der Waals surface area contributed by atoms with Crippen LogP contribution in [-0.4, -0.2) is 26.5 Å². The molecule has 4 aromatic rings. The third-order valence-electron chi connectivity index (χ3n) is 4.36. The van der Waals surface area contributed by atoms with Crippen molar-refractivity contribution in [2.24, 2.45) is 0 Å². The van der Waals surface area contributed by atoms with E-state index in [1.165, 1.54) is 0 Å². The van der Waals surface area contributed by atoms with Crippen molar-refractivity contribution in [3.05, 3.63) is 78.1 Å². The second kappa shape index (κ2) is 8.00. The lowest BCUT2D eigenvalue weighted by Gasteiger charge is -2.08. The van der Waals surface area contributed by atoms with Crippen molar-refractivity contribution < 1.29 is 4.42 Å². The lowest BCUT2D eigenvalue weighted by atomic mass is 10.2. The number of benzene rings is 1. The highest BCUT2D eigenvalue weighted by Crippen LogP contribution is 2.22. The van der Waals surface area contributed by atoms with E-state index in [1.807, 2.05) is 62.4 Å². The minimum absolute atomic E-state index is 0.657. The van der Waals surface area contributed by atoms with E-state index in [2.05, 4.69) is 25.3 Å². The van der Waals surface area contributed by atoms with E-state index >= 15 is 0 Å². The van der Waals surface area contributed by atoms with Gasteiger partial charge in [-0.05, 0) is 38.1 Å². The Morgan fingerprint density at radius 1 is 0.929 bits per heavy atom. The Kier molecular flexibility index (Phi) is 5.10. The number of anilines is 1. The van der Waals surface area contributed by atoms with Crippen LogP contribution in [0.5, 0.6) is 0 Å². The quantitative estimate of drug-likeness (QED) is 0.539. The molecule has 0 aliphatic carbocycles. The summed E-state index contributed by atoms with van der Waals surface area (Å²) in [5.74, 6) is 2.95. The van der Waals surface area contributed by atoms with E-state index in [-0.39, 0.29) is 0 Å². The fraction of sp³-hybridized carbons (Fsp3) is 0.182. The van der Waals surface area contributed by atoms with Gasteiger partial charge in [0, 0.05) is 48.2 Å². The van der Waals surface area contributed by atoms with Crippen LogP contribution in [0.3, 0.4) is 0 Å². The van der Waals surface area contributed by atoms with Gasteiger partial charge in [0.2, 0.25) is 5.89 Å². The Morgan fingerprint density at radius 3 is 2.54 bits per heavy atom. The molecular weight excluding hydrogens is 350 g/mol. The van der Waals surface area contributed by atoms with Gasteiger partial charge < -0.3 is 9.73 Å². The molecule has 3 heterocycles. The molecule has 0 amide bonds. The van der Waals surface area contributed by atoms with Gasteiger partial charge in [-0.25, -0.2) is 15.0 Å². The molecule has 4 rings (SSSR count). The average molecular weight is 371 g/mol. The van der Waals surface area contributed by atoms with E-state index in [0.717, 1.165) is 40.5 Å². The van der Waals surface area contributed by atoms with Gasteiger partial charge in [0.1, 0.15) is 11.6 Å². The summed E-state index contributed by atoms with van der Waals surface area (Å²) in [4.78, 5) is 17.9. The van der Waals surface area contributed by atoms with Crippen LogP contribution < -0.4 is 5.32 Å². The molecule has 0 spiro atoms. The fourth-order valence-electron chi connectivity index (χ4n) is 2.96. The number of oxazole rings is 1. The maximum atomic E-state index is 5.83. The van der Waals surface area contributed by atoms with Gasteiger partial charge in [-0.2, -0.15) is 0 Å². The van der Waals surface area contributed by atoms with Gasteiger partial charge in [-0.15, -0.1) is 0 Å². The molecule has 0 bridgehead atoms. The number of aryl methyl sites for hydroxylation is 2. The van der Waals surface area contributed by atoms with Crippen molar-refractivity contribution in [3.8, 4) is 22.8 Å². The Balaban J connectivity index is 1.45. The van der Waals surface area contributed by atoms with Gasteiger partial charge >= 0.3 is 0 Å². The summed E-state index contributed by atoms with van der Waals surface area (Å²) in [5, 5.41) is 3.37. The highest BCUT2D eigenvalue weighted by Gasteiger charge is 2.11. The first-order chi connectivity index (χ1) is 13.7. The fourth-order valence-corrected chi connectivity index (χ4v) is 2.96. The lowest BCUT2D eigenvalue weighted by molar-refractivity contribution is 0.539. The molecule has 6 nitrogen and oxygen atoms in total. The van der Waals surface area contributed by atoms with E-state index in [0.29, 0.717) is 18.3 Å². The Morgan fingerprint density at radius 2 is 1.75 bits per heavy atom. The summed E-state index contributed by atoms with van der Waals surface area (Å²) < 4.78 is 5.83. The number of nitrogens with one attached hydrogen (secondary N) is 1. The maximum absolute atomic E-state index is 5.83. The molecule has 0 unspecified atom stereocenters. The molecule has 0 fully saturated rings. The predicted molar refractivity (Wildman–Crippen MR) is 109 cm³/mol. The summed E-state index contributed by atoms with van der Waals surface area (Å²) in [7, 11) is 0. The van der Waals surface area contributed by atoms with Crippen LogP contribution in [0.25, 0.3) is 22.8 Å². The number of nitrogens with zero attached hydrogens (tertiary/aromatic N) is 4. The van der Waals surface area contributed by atoms with Crippen LogP contribution in [0.1, 0.15) is 17.1 Å². The molecule has 6 heteroatoms. The SMILES string of the molecule is Cc1cc(NCCc2nc(-c3ccccc3)oc2C)nc(-c2cccnc2)n1. The molecule has 0 saturated carbocycles. The number of hydrogen-bond donors (Lipinski definition) is 1. The largest absolute Gasteiger partial charge is 0.441 e. The summed E-state index contributed by atoms with van der Waals surface area (Å²) in [5.41, 5.74) is 3.73. The second-order valence-corrected chi connectivity index (χ2v) is 6.52. The van der Waals surface area contributed by atoms with Crippen molar-refractivity contribution in [2.45, 2.75) is 20.3 Å². The zero-order valence-electron chi connectivity index (χ0n) is 15.9. The lowest BCUT2D eigenvalue weighted by Crippen LogP contribution is -2.08. The van der Waals surface area contributed by atoms with Crippen LogP contribution in [0.4, 0.5) is 5.82 Å². The van der Waals surface area contributed by atoms with Crippen molar-refractivity contribution in [3.63, 3.8) is 0 Å². The minimum Gasteiger partial charge on any atom is -0.441 e. The molecule has 1 aromatic carbocycles. The summed E-state index contributed by atoms with van der Waals surface area (Å²) in [6.07, 6.45) is 4.25. The number of hydrogen-bond acceptors (Lipinski definition) is 6. The van der Waals surface area contributed by atoms with Gasteiger partial charge in [0.25, 0.3) is 0 Å². The first-order valence-electron chi connectivity index (χ1n) is 9.21. The van der Waals surface area contributed by atoms with E-state index in [4.69, 9.17) is 4.42 Å². The Bertz CT molecular complexity index is 1060. The molecule has 0 aliphatic rings. The molecule has 0 aliphatic heterocycles. The number of rotatable bonds is 6. The molecule has 28 heavy (non-hydrogen) atoms. The van der Waals surface area contributed by atoms with E-state index in [9.17, 15) is 0 Å². The normalized spacial score (nSPS) is 10.8. The third kappa shape index (κ3) is 4.06. The smallest absolute Gasteiger partial charge is 0.226 e. The van der Waals surface area contributed by atoms with Crippen molar-refractivity contribution in [1.82, 2.24) is 19.9 Å². The molecule has 0 atom stereocenters. The third-order valence-corrected chi connectivity index (χ3v) is 4.36. The summed E-state index contributed by atoms with van der Waals surface area (Å²) >= 11 is 0. The monoisotopic (exact) mass is 371 g/mol. The maximum Gasteiger partial charge on any atom is 0.226 e. The summed E-state index contributed by atoms with van der Waals surface area (Å²) in [6, 6.07) is 15.7. The molecular formula is C22H21N5O. The molecule has 0 radical (unpaired) electrons. The Labute approximate surface area is 163 Å². The molecule has 1 N–H and O–H groups in total. The second-order valence-electron chi connectivity index (χ2n) is 6.52. The number of aromatic nitrogens is 4. The predicted octanol–water partition coefficient (Wildman–Crippen LogP) is 4.47. The van der Waals surface area contributed by atoms with Gasteiger partial charge in [-0.1, -0.05) is 18.2 Å². The van der Waals surface area contributed by atoms with Crippen LogP contribution in [0.15, 0.2) is 65.3 Å². The van der Waals surface area contributed by atoms with E-state index in [1.54, 1.807) is 12.4 Å². The van der Waals surface area contributed by atoms with Crippen molar-refractivity contribution in [2.75, 3.05) is 11.9 Å². The van der Waals surface area contributed by atoms with Crippen LogP contribution in [0, 0.1) is 13.8 Å². The average Bonchev–Trinajstić information content (AvgIpc) is 3.10. The van der Waals surface area contributed by atoms with Crippen molar-refractivity contribution in [1.29, 1.82) is 0 Å². The first kappa shape index (κ1) is 17.9. The van der Waals surface area contributed by atoms with Gasteiger partial charge in [-0.3, -0.25) is 4.98 Å². The molecule has 0 saturated heterocycles. The highest BCUT2D eigenvalue weighted by molar-refractivity contribution is 5.56. The zero-order valence-corrected chi connectivity index (χ0v) is 15.9. The highest BCUT2D eigenvalue weighted by atomic mass is 16.4. The van der Waals surface area contributed by atoms with Gasteiger partial charge in [0.05, 0.1) is 5.69 Å².